The molecule has 2 aliphatic rings. The molecule has 1 nitrogen and oxygen atoms in total. The average Bonchev–Trinajstić information content (AvgIpc) is 2.98. The lowest BCUT2D eigenvalue weighted by Gasteiger charge is -2.17. The molecule has 2 heterocycles. The number of nitrogens with zero attached hydrogens (tertiary/aromatic N) is 1. The Balaban J connectivity index is 2.13. The van der Waals surface area contributed by atoms with E-state index in [1.54, 1.807) is 0 Å². The Hall–Kier alpha value is -1.89. The number of hydrogen-bond donors (Lipinski definition) is 0. The van der Waals surface area contributed by atoms with Crippen molar-refractivity contribution in [3.05, 3.63) is 53.6 Å². The summed E-state index contributed by atoms with van der Waals surface area (Å²) in [4.78, 5) is 0. The van der Waals surface area contributed by atoms with Gasteiger partial charge in [-0.05, 0) is 32.2 Å². The molecule has 0 saturated heterocycles. The molecule has 0 spiro atoms. The van der Waals surface area contributed by atoms with Gasteiger partial charge in [-0.2, -0.15) is 4.58 Å². The Labute approximate surface area is 120 Å². The summed E-state index contributed by atoms with van der Waals surface area (Å²) in [5, 5.41) is 2.74. The second-order valence-corrected chi connectivity index (χ2v) is 6.37. The van der Waals surface area contributed by atoms with Gasteiger partial charge in [0.15, 0.2) is 12.3 Å². The largest absolute Gasteiger partial charge is 0.217 e. The number of hydrogen-bond acceptors (Lipinski definition) is 0. The quantitative estimate of drug-likeness (QED) is 0.612. The van der Waals surface area contributed by atoms with Crippen LogP contribution in [0.2, 0.25) is 0 Å². The number of allylic oxidation sites excluding steroid dienone is 1. The summed E-state index contributed by atoms with van der Waals surface area (Å²) >= 11 is 0. The van der Waals surface area contributed by atoms with Crippen molar-refractivity contribution in [3.63, 3.8) is 0 Å². The van der Waals surface area contributed by atoms with Gasteiger partial charge in [0.2, 0.25) is 5.69 Å². The predicted octanol–water partition coefficient (Wildman–Crippen LogP) is 4.57. The minimum Gasteiger partial charge on any atom is -0.194 e. The van der Waals surface area contributed by atoms with E-state index in [0.717, 1.165) is 6.54 Å². The van der Waals surface area contributed by atoms with Crippen LogP contribution in [0.4, 0.5) is 5.69 Å². The third kappa shape index (κ3) is 1.30. The first kappa shape index (κ1) is 11.9. The summed E-state index contributed by atoms with van der Waals surface area (Å²) in [5.74, 6) is 0. The molecule has 0 unspecified atom stereocenters. The lowest BCUT2D eigenvalue weighted by Crippen LogP contribution is -2.27. The Bertz CT molecular complexity index is 791. The first-order valence-electron chi connectivity index (χ1n) is 7.47. The van der Waals surface area contributed by atoms with E-state index < -0.39 is 0 Å². The van der Waals surface area contributed by atoms with E-state index in [9.17, 15) is 0 Å². The maximum absolute atomic E-state index is 2.56. The van der Waals surface area contributed by atoms with Gasteiger partial charge in [-0.1, -0.05) is 36.4 Å². The van der Waals surface area contributed by atoms with E-state index in [1.807, 2.05) is 0 Å². The zero-order valence-corrected chi connectivity index (χ0v) is 12.4. The van der Waals surface area contributed by atoms with Crippen molar-refractivity contribution in [1.29, 1.82) is 0 Å². The highest BCUT2D eigenvalue weighted by Crippen LogP contribution is 2.47. The van der Waals surface area contributed by atoms with Crippen LogP contribution in [0.15, 0.2) is 48.0 Å². The van der Waals surface area contributed by atoms with Crippen LogP contribution in [0.5, 0.6) is 0 Å². The van der Waals surface area contributed by atoms with Gasteiger partial charge in [0.1, 0.15) is 0 Å². The van der Waals surface area contributed by atoms with Crippen LogP contribution in [0.1, 0.15) is 32.8 Å². The maximum atomic E-state index is 2.56. The van der Waals surface area contributed by atoms with Crippen LogP contribution in [0.25, 0.3) is 10.8 Å². The molecular formula is C19H20N+. The summed E-state index contributed by atoms with van der Waals surface area (Å²) in [7, 11) is 0. The lowest BCUT2D eigenvalue weighted by atomic mass is 9.78. The molecule has 20 heavy (non-hydrogen) atoms. The van der Waals surface area contributed by atoms with E-state index in [2.05, 4.69) is 67.8 Å². The second kappa shape index (κ2) is 3.82. The first-order chi connectivity index (χ1) is 9.64. The molecule has 0 amide bonds. The molecular weight excluding hydrogens is 242 g/mol. The number of benzene rings is 2. The molecule has 0 atom stereocenters. The molecule has 0 radical (unpaired) electrons. The molecule has 0 aromatic heterocycles. The zero-order chi connectivity index (χ0) is 13.9. The predicted molar refractivity (Wildman–Crippen MR) is 85.1 cm³/mol. The minimum atomic E-state index is 0.123. The fourth-order valence-electron chi connectivity index (χ4n) is 4.06. The Morgan fingerprint density at radius 3 is 2.70 bits per heavy atom. The molecule has 0 N–H and O–H groups in total. The van der Waals surface area contributed by atoms with Crippen molar-refractivity contribution in [2.75, 3.05) is 6.54 Å². The molecule has 100 valence electrons. The molecule has 2 aliphatic heterocycles. The molecule has 2 aromatic carbocycles. The van der Waals surface area contributed by atoms with Gasteiger partial charge >= 0.3 is 0 Å². The van der Waals surface area contributed by atoms with Crippen LogP contribution < -0.4 is 0 Å². The van der Waals surface area contributed by atoms with E-state index in [4.69, 9.17) is 0 Å². The van der Waals surface area contributed by atoms with Crippen molar-refractivity contribution in [3.8, 4) is 0 Å². The van der Waals surface area contributed by atoms with Crippen molar-refractivity contribution in [1.82, 2.24) is 0 Å². The topological polar surface area (TPSA) is 3.01 Å². The summed E-state index contributed by atoms with van der Waals surface area (Å²) in [6.07, 6.45) is 3.48. The second-order valence-electron chi connectivity index (χ2n) is 6.37. The monoisotopic (exact) mass is 262 g/mol. The molecule has 1 heteroatoms. The van der Waals surface area contributed by atoms with Crippen molar-refractivity contribution in [2.24, 2.45) is 0 Å². The Kier molecular flexibility index (Phi) is 2.27. The SMILES string of the molecule is CC=C1CC[N+]2=C1C(C)(C)c1ccc3ccccc3c12. The highest BCUT2D eigenvalue weighted by atomic mass is 15.1. The maximum Gasteiger partial charge on any atom is 0.217 e. The highest BCUT2D eigenvalue weighted by molar-refractivity contribution is 6.10. The van der Waals surface area contributed by atoms with Crippen LogP contribution in [-0.4, -0.2) is 16.8 Å². The van der Waals surface area contributed by atoms with Crippen LogP contribution in [0, 0.1) is 0 Å². The fraction of sp³-hybridized carbons (Fsp3) is 0.316. The van der Waals surface area contributed by atoms with Gasteiger partial charge in [0.05, 0.1) is 10.8 Å². The average molecular weight is 262 g/mol. The normalized spacial score (nSPS) is 21.6. The molecule has 0 saturated carbocycles. The summed E-state index contributed by atoms with van der Waals surface area (Å²) in [6.45, 7) is 8.03. The van der Waals surface area contributed by atoms with Gasteiger partial charge in [-0.3, -0.25) is 0 Å². The molecule has 0 bridgehead atoms. The lowest BCUT2D eigenvalue weighted by molar-refractivity contribution is -0.427. The molecule has 4 rings (SSSR count). The zero-order valence-electron chi connectivity index (χ0n) is 12.4. The van der Waals surface area contributed by atoms with Gasteiger partial charge in [0.25, 0.3) is 0 Å². The summed E-state index contributed by atoms with van der Waals surface area (Å²) < 4.78 is 2.56. The van der Waals surface area contributed by atoms with Crippen molar-refractivity contribution >= 4 is 22.2 Å². The Morgan fingerprint density at radius 2 is 1.90 bits per heavy atom. The van der Waals surface area contributed by atoms with Crippen LogP contribution >= 0.6 is 0 Å². The first-order valence-corrected chi connectivity index (χ1v) is 7.47. The van der Waals surface area contributed by atoms with E-state index in [1.165, 1.54) is 39.7 Å². The highest BCUT2D eigenvalue weighted by Gasteiger charge is 2.50. The van der Waals surface area contributed by atoms with Crippen molar-refractivity contribution < 1.29 is 4.58 Å². The third-order valence-corrected chi connectivity index (χ3v) is 4.96. The van der Waals surface area contributed by atoms with Crippen molar-refractivity contribution in [2.45, 2.75) is 32.6 Å². The van der Waals surface area contributed by atoms with Crippen LogP contribution in [-0.2, 0) is 5.41 Å². The summed E-state index contributed by atoms with van der Waals surface area (Å²) in [5.41, 5.74) is 6.09. The standard InChI is InChI=1S/C19H20N/c1-4-13-11-12-20-17-15-8-6-5-7-14(15)9-10-16(17)19(2,3)18(13)20/h4-10H,11-12H2,1-3H3/q+1. The summed E-state index contributed by atoms with van der Waals surface area (Å²) in [6, 6.07) is 13.4. The van der Waals surface area contributed by atoms with E-state index in [0.29, 0.717) is 0 Å². The Morgan fingerprint density at radius 1 is 1.10 bits per heavy atom. The van der Waals surface area contributed by atoms with E-state index in [-0.39, 0.29) is 5.41 Å². The van der Waals surface area contributed by atoms with Crippen LogP contribution in [0.3, 0.4) is 0 Å². The number of fused-ring (bicyclic) bond motifs is 4. The van der Waals surface area contributed by atoms with Gasteiger partial charge in [0, 0.05) is 17.6 Å². The molecule has 2 aromatic rings. The van der Waals surface area contributed by atoms with Gasteiger partial charge < -0.3 is 0 Å². The molecule has 0 aliphatic carbocycles. The van der Waals surface area contributed by atoms with Gasteiger partial charge in [-0.25, -0.2) is 0 Å². The minimum absolute atomic E-state index is 0.123. The fourth-order valence-corrected chi connectivity index (χ4v) is 4.06. The number of rotatable bonds is 0. The smallest absolute Gasteiger partial charge is 0.194 e. The van der Waals surface area contributed by atoms with E-state index >= 15 is 0 Å². The van der Waals surface area contributed by atoms with Gasteiger partial charge in [-0.15, -0.1) is 0 Å². The third-order valence-electron chi connectivity index (χ3n) is 4.96. The molecule has 0 fully saturated rings.